The van der Waals surface area contributed by atoms with Crippen molar-refractivity contribution in [3.8, 4) is 0 Å². The Bertz CT molecular complexity index is 252. The molecule has 0 aromatic rings. The molecule has 2 atom stereocenters. The molecule has 1 saturated carbocycles. The lowest BCUT2D eigenvalue weighted by Crippen LogP contribution is -2.52. The molecule has 0 spiro atoms. The predicted molar refractivity (Wildman–Crippen MR) is 64.8 cm³/mol. The van der Waals surface area contributed by atoms with Crippen LogP contribution in [-0.2, 0) is 9.53 Å². The molecule has 4 heteroatoms. The van der Waals surface area contributed by atoms with Crippen LogP contribution >= 0.6 is 0 Å². The van der Waals surface area contributed by atoms with Gasteiger partial charge in [-0.1, -0.05) is 20.3 Å². The zero-order valence-corrected chi connectivity index (χ0v) is 10.8. The zero-order valence-electron chi connectivity index (χ0n) is 10.8. The molecular weight excluding hydrogens is 220 g/mol. The Hall–Kier alpha value is -0.610. The number of aliphatic hydroxyl groups is 1. The molecule has 0 radical (unpaired) electrons. The van der Waals surface area contributed by atoms with Crippen LogP contribution in [0.4, 0.5) is 0 Å². The van der Waals surface area contributed by atoms with Gasteiger partial charge < -0.3 is 14.9 Å². The number of hydrogen-bond acceptors (Lipinski definition) is 3. The highest BCUT2D eigenvalue weighted by atomic mass is 16.5. The first kappa shape index (κ1) is 14.5. The maximum Gasteiger partial charge on any atom is 0.336 e. The minimum Gasteiger partial charge on any atom is -0.479 e. The second kappa shape index (κ2) is 6.36. The minimum atomic E-state index is -1.03. The van der Waals surface area contributed by atoms with Gasteiger partial charge in [-0.05, 0) is 31.6 Å². The predicted octanol–water partition coefficient (Wildman–Crippen LogP) is 2.06. The van der Waals surface area contributed by atoms with Gasteiger partial charge in [-0.2, -0.15) is 0 Å². The Balaban J connectivity index is 2.81. The number of carbonyl (C=O) groups is 1. The van der Waals surface area contributed by atoms with Crippen molar-refractivity contribution >= 4 is 5.97 Å². The number of hydrogen-bond donors (Lipinski definition) is 2. The van der Waals surface area contributed by atoms with E-state index in [9.17, 15) is 9.90 Å². The van der Waals surface area contributed by atoms with Gasteiger partial charge in [-0.3, -0.25) is 0 Å². The molecule has 0 heterocycles. The summed E-state index contributed by atoms with van der Waals surface area (Å²) in [5.74, 6) is -0.457. The third-order valence-electron chi connectivity index (χ3n) is 3.74. The second-order valence-electron chi connectivity index (χ2n) is 5.22. The molecule has 4 nitrogen and oxygen atoms in total. The third-order valence-corrected chi connectivity index (χ3v) is 3.74. The molecule has 17 heavy (non-hydrogen) atoms. The lowest BCUT2D eigenvalue weighted by molar-refractivity contribution is -0.185. The van der Waals surface area contributed by atoms with E-state index in [2.05, 4.69) is 13.8 Å². The van der Waals surface area contributed by atoms with E-state index in [-0.39, 0.29) is 12.5 Å². The van der Waals surface area contributed by atoms with Gasteiger partial charge in [0.2, 0.25) is 0 Å². The van der Waals surface area contributed by atoms with Crippen LogP contribution in [0, 0.1) is 11.8 Å². The standard InChI is InChI=1S/C13H24O4/c1-10(2)11-6-3-4-7-13(11,12(15)16)17-9-5-8-14/h10-11,14H,3-9H2,1-2H3,(H,15,16). The Morgan fingerprint density at radius 2 is 2.18 bits per heavy atom. The van der Waals surface area contributed by atoms with Crippen LogP contribution in [0.2, 0.25) is 0 Å². The van der Waals surface area contributed by atoms with Gasteiger partial charge in [0.25, 0.3) is 0 Å². The maximum absolute atomic E-state index is 11.6. The van der Waals surface area contributed by atoms with Crippen LogP contribution in [0.3, 0.4) is 0 Å². The van der Waals surface area contributed by atoms with Crippen LogP contribution in [0.5, 0.6) is 0 Å². The van der Waals surface area contributed by atoms with E-state index in [4.69, 9.17) is 9.84 Å². The molecule has 2 unspecified atom stereocenters. The zero-order chi connectivity index (χ0) is 12.9. The lowest BCUT2D eigenvalue weighted by atomic mass is 9.70. The molecule has 100 valence electrons. The van der Waals surface area contributed by atoms with Crippen LogP contribution in [0.25, 0.3) is 0 Å². The quantitative estimate of drug-likeness (QED) is 0.702. The summed E-state index contributed by atoms with van der Waals surface area (Å²) in [4.78, 5) is 11.6. The van der Waals surface area contributed by atoms with Gasteiger partial charge in [0, 0.05) is 12.5 Å². The van der Waals surface area contributed by atoms with Crippen molar-refractivity contribution in [2.75, 3.05) is 13.2 Å². The first-order valence-corrected chi connectivity index (χ1v) is 6.53. The molecule has 0 bridgehead atoms. The summed E-state index contributed by atoms with van der Waals surface area (Å²) < 4.78 is 5.69. The third kappa shape index (κ3) is 3.19. The SMILES string of the molecule is CC(C)C1CCCCC1(OCCCO)C(=O)O. The maximum atomic E-state index is 11.6. The molecule has 2 N–H and O–H groups in total. The Labute approximate surface area is 103 Å². The van der Waals surface area contributed by atoms with Crippen molar-refractivity contribution in [2.45, 2.75) is 51.6 Å². The summed E-state index contributed by atoms with van der Waals surface area (Å²) in [6, 6.07) is 0. The van der Waals surface area contributed by atoms with Crippen LogP contribution < -0.4 is 0 Å². The number of aliphatic carboxylic acids is 1. The average Bonchev–Trinajstić information content (AvgIpc) is 2.29. The summed E-state index contributed by atoms with van der Waals surface area (Å²) in [5.41, 5.74) is -1.03. The average molecular weight is 244 g/mol. The molecule has 0 saturated heterocycles. The van der Waals surface area contributed by atoms with Gasteiger partial charge in [0.05, 0.1) is 6.61 Å². The molecule has 0 aromatic heterocycles. The van der Waals surface area contributed by atoms with E-state index in [1.807, 2.05) is 0 Å². The highest BCUT2D eigenvalue weighted by molar-refractivity contribution is 5.78. The van der Waals surface area contributed by atoms with Crippen molar-refractivity contribution in [3.05, 3.63) is 0 Å². The van der Waals surface area contributed by atoms with E-state index in [1.165, 1.54) is 0 Å². The molecule has 1 fully saturated rings. The van der Waals surface area contributed by atoms with Crippen LogP contribution in [0.15, 0.2) is 0 Å². The summed E-state index contributed by atoms with van der Waals surface area (Å²) in [6.45, 7) is 4.49. The fourth-order valence-corrected chi connectivity index (χ4v) is 2.87. The monoisotopic (exact) mass is 244 g/mol. The van der Waals surface area contributed by atoms with Crippen LogP contribution in [0.1, 0.15) is 46.0 Å². The van der Waals surface area contributed by atoms with Crippen LogP contribution in [-0.4, -0.2) is 35.0 Å². The summed E-state index contributed by atoms with van der Waals surface area (Å²) in [5, 5.41) is 18.3. The van der Waals surface area contributed by atoms with Gasteiger partial charge in [0.1, 0.15) is 0 Å². The smallest absolute Gasteiger partial charge is 0.336 e. The number of carboxylic acid groups (broad SMARTS) is 1. The largest absolute Gasteiger partial charge is 0.479 e. The Morgan fingerprint density at radius 3 is 2.71 bits per heavy atom. The fraction of sp³-hybridized carbons (Fsp3) is 0.923. The highest BCUT2D eigenvalue weighted by Gasteiger charge is 2.49. The number of aliphatic hydroxyl groups excluding tert-OH is 1. The summed E-state index contributed by atoms with van der Waals surface area (Å²) >= 11 is 0. The Kier molecular flexibility index (Phi) is 5.40. The van der Waals surface area contributed by atoms with Gasteiger partial charge in [-0.25, -0.2) is 4.79 Å². The molecule has 0 amide bonds. The normalized spacial score (nSPS) is 29.5. The van der Waals surface area contributed by atoms with E-state index in [0.29, 0.717) is 25.4 Å². The highest BCUT2D eigenvalue weighted by Crippen LogP contribution is 2.41. The van der Waals surface area contributed by atoms with E-state index in [0.717, 1.165) is 19.3 Å². The first-order valence-electron chi connectivity index (χ1n) is 6.53. The van der Waals surface area contributed by atoms with Crippen molar-refractivity contribution in [3.63, 3.8) is 0 Å². The lowest BCUT2D eigenvalue weighted by Gasteiger charge is -2.42. The van der Waals surface area contributed by atoms with Crippen molar-refractivity contribution in [1.29, 1.82) is 0 Å². The Morgan fingerprint density at radius 1 is 1.47 bits per heavy atom. The second-order valence-corrected chi connectivity index (χ2v) is 5.22. The van der Waals surface area contributed by atoms with Crippen molar-refractivity contribution in [2.24, 2.45) is 11.8 Å². The summed E-state index contributed by atoms with van der Waals surface area (Å²) in [7, 11) is 0. The van der Waals surface area contributed by atoms with E-state index >= 15 is 0 Å². The minimum absolute atomic E-state index is 0.0437. The molecule has 0 aromatic carbocycles. The molecule has 1 aliphatic rings. The molecule has 1 aliphatic carbocycles. The number of ether oxygens (including phenoxy) is 1. The van der Waals surface area contributed by atoms with Crippen molar-refractivity contribution in [1.82, 2.24) is 0 Å². The fourth-order valence-electron chi connectivity index (χ4n) is 2.87. The molecule has 1 rings (SSSR count). The van der Waals surface area contributed by atoms with Gasteiger partial charge >= 0.3 is 5.97 Å². The number of carboxylic acids is 1. The van der Waals surface area contributed by atoms with E-state index < -0.39 is 11.6 Å². The van der Waals surface area contributed by atoms with E-state index in [1.54, 1.807) is 0 Å². The van der Waals surface area contributed by atoms with Crippen molar-refractivity contribution < 1.29 is 19.7 Å². The molecule has 0 aliphatic heterocycles. The van der Waals surface area contributed by atoms with Gasteiger partial charge in [-0.15, -0.1) is 0 Å². The first-order chi connectivity index (χ1) is 8.04. The number of rotatable bonds is 6. The van der Waals surface area contributed by atoms with Gasteiger partial charge in [0.15, 0.2) is 5.60 Å². The topological polar surface area (TPSA) is 66.8 Å². The molecular formula is C13H24O4. The summed E-state index contributed by atoms with van der Waals surface area (Å²) in [6.07, 6.45) is 4.01.